The van der Waals surface area contributed by atoms with E-state index in [4.69, 9.17) is 0 Å². The summed E-state index contributed by atoms with van der Waals surface area (Å²) in [6.45, 7) is 3.18. The molecular formula is C12H14F4N2O. The molecule has 0 aliphatic heterocycles. The average molecular weight is 278 g/mol. The highest BCUT2D eigenvalue weighted by molar-refractivity contribution is 5.80. The van der Waals surface area contributed by atoms with E-state index in [1.54, 1.807) is 13.8 Å². The molecule has 0 radical (unpaired) electrons. The number of amides is 1. The van der Waals surface area contributed by atoms with Gasteiger partial charge in [-0.15, -0.1) is 0 Å². The van der Waals surface area contributed by atoms with Gasteiger partial charge in [0.05, 0.1) is 17.8 Å². The minimum Gasteiger partial charge on any atom is -0.374 e. The van der Waals surface area contributed by atoms with E-state index in [1.165, 1.54) is 0 Å². The molecule has 7 heteroatoms. The van der Waals surface area contributed by atoms with E-state index in [0.29, 0.717) is 18.2 Å². The molecule has 0 aromatic heterocycles. The van der Waals surface area contributed by atoms with Gasteiger partial charge in [-0.05, 0) is 32.0 Å². The van der Waals surface area contributed by atoms with Crippen molar-refractivity contribution >= 4 is 11.6 Å². The fourth-order valence-corrected chi connectivity index (χ4v) is 1.39. The van der Waals surface area contributed by atoms with Gasteiger partial charge < -0.3 is 10.6 Å². The van der Waals surface area contributed by atoms with Crippen molar-refractivity contribution < 1.29 is 22.4 Å². The summed E-state index contributed by atoms with van der Waals surface area (Å²) in [6.07, 6.45) is -4.55. The quantitative estimate of drug-likeness (QED) is 0.831. The van der Waals surface area contributed by atoms with Gasteiger partial charge in [0.1, 0.15) is 5.82 Å². The zero-order valence-corrected chi connectivity index (χ0v) is 10.4. The predicted molar refractivity (Wildman–Crippen MR) is 63.2 cm³/mol. The molecule has 0 heterocycles. The van der Waals surface area contributed by atoms with Gasteiger partial charge in [-0.1, -0.05) is 0 Å². The van der Waals surface area contributed by atoms with E-state index < -0.39 is 23.5 Å². The van der Waals surface area contributed by atoms with Gasteiger partial charge in [0, 0.05) is 6.04 Å². The van der Waals surface area contributed by atoms with Crippen molar-refractivity contribution in [1.29, 1.82) is 0 Å². The van der Waals surface area contributed by atoms with Crippen molar-refractivity contribution in [3.8, 4) is 0 Å². The Labute approximate surface area is 108 Å². The molecule has 0 bridgehead atoms. The topological polar surface area (TPSA) is 41.1 Å². The van der Waals surface area contributed by atoms with Crippen LogP contribution < -0.4 is 10.6 Å². The number of carbonyl (C=O) groups is 1. The molecule has 0 aliphatic rings. The summed E-state index contributed by atoms with van der Waals surface area (Å²) in [7, 11) is 0. The van der Waals surface area contributed by atoms with Crippen molar-refractivity contribution in [2.45, 2.75) is 26.1 Å². The Hall–Kier alpha value is -1.79. The second kappa shape index (κ2) is 5.90. The Morgan fingerprint density at radius 2 is 1.95 bits per heavy atom. The van der Waals surface area contributed by atoms with Crippen LogP contribution in [0.4, 0.5) is 23.2 Å². The molecule has 1 aromatic rings. The number of carbonyl (C=O) groups excluding carboxylic acids is 1. The first-order chi connectivity index (χ1) is 8.70. The zero-order valence-electron chi connectivity index (χ0n) is 10.4. The zero-order chi connectivity index (χ0) is 14.6. The maximum Gasteiger partial charge on any atom is 0.416 e. The maximum absolute atomic E-state index is 13.3. The maximum atomic E-state index is 13.3. The number of nitrogens with one attached hydrogen (secondary N) is 2. The monoisotopic (exact) mass is 278 g/mol. The first kappa shape index (κ1) is 15.3. The lowest BCUT2D eigenvalue weighted by molar-refractivity contribution is -0.137. The minimum absolute atomic E-state index is 0.0966. The van der Waals surface area contributed by atoms with E-state index >= 15 is 0 Å². The SMILES string of the molecule is CC(C)NC(=O)CNc1cc(C(F)(F)F)ccc1F. The molecule has 0 unspecified atom stereocenters. The standard InChI is InChI=1S/C12H14F4N2O/c1-7(2)18-11(19)6-17-10-5-8(12(14,15)16)3-4-9(10)13/h3-5,7,17H,6H2,1-2H3,(H,18,19). The van der Waals surface area contributed by atoms with E-state index in [2.05, 4.69) is 10.6 Å². The Balaban J connectivity index is 2.75. The third kappa shape index (κ3) is 4.76. The lowest BCUT2D eigenvalue weighted by atomic mass is 10.2. The summed E-state index contributed by atoms with van der Waals surface area (Å²) in [6, 6.07) is 1.90. The van der Waals surface area contributed by atoms with E-state index in [0.717, 1.165) is 0 Å². The molecule has 0 fully saturated rings. The predicted octanol–water partition coefficient (Wildman–Crippen LogP) is 2.78. The van der Waals surface area contributed by atoms with Crippen LogP contribution in [0, 0.1) is 5.82 Å². The van der Waals surface area contributed by atoms with Gasteiger partial charge >= 0.3 is 6.18 Å². The van der Waals surface area contributed by atoms with Gasteiger partial charge in [-0.25, -0.2) is 4.39 Å². The molecule has 1 amide bonds. The Morgan fingerprint density at radius 3 is 2.47 bits per heavy atom. The minimum atomic E-state index is -4.55. The van der Waals surface area contributed by atoms with E-state index in [-0.39, 0.29) is 18.3 Å². The fourth-order valence-electron chi connectivity index (χ4n) is 1.39. The van der Waals surface area contributed by atoms with Crippen LogP contribution in [0.25, 0.3) is 0 Å². The second-order valence-corrected chi connectivity index (χ2v) is 4.27. The molecule has 0 saturated carbocycles. The molecule has 3 nitrogen and oxygen atoms in total. The molecule has 1 rings (SSSR count). The Morgan fingerprint density at radius 1 is 1.32 bits per heavy atom. The summed E-state index contributed by atoms with van der Waals surface area (Å²) in [5.41, 5.74) is -1.32. The van der Waals surface area contributed by atoms with Crippen LogP contribution in [0.15, 0.2) is 18.2 Å². The summed E-state index contributed by atoms with van der Waals surface area (Å²) in [5, 5.41) is 4.87. The third-order valence-corrected chi connectivity index (χ3v) is 2.18. The first-order valence-electron chi connectivity index (χ1n) is 5.60. The lowest BCUT2D eigenvalue weighted by Crippen LogP contribution is -2.35. The summed E-state index contributed by atoms with van der Waals surface area (Å²) >= 11 is 0. The van der Waals surface area contributed by atoms with Crippen molar-refractivity contribution in [1.82, 2.24) is 5.32 Å². The third-order valence-electron chi connectivity index (χ3n) is 2.18. The molecule has 19 heavy (non-hydrogen) atoms. The van der Waals surface area contributed by atoms with Crippen LogP contribution in [-0.4, -0.2) is 18.5 Å². The summed E-state index contributed by atoms with van der Waals surface area (Å²) in [4.78, 5) is 11.3. The number of hydrogen-bond donors (Lipinski definition) is 2. The lowest BCUT2D eigenvalue weighted by Gasteiger charge is -2.12. The van der Waals surface area contributed by atoms with E-state index in [9.17, 15) is 22.4 Å². The number of alkyl halides is 3. The van der Waals surface area contributed by atoms with Gasteiger partial charge in [-0.2, -0.15) is 13.2 Å². The van der Waals surface area contributed by atoms with Crippen LogP contribution >= 0.6 is 0 Å². The van der Waals surface area contributed by atoms with Crippen molar-refractivity contribution in [2.24, 2.45) is 0 Å². The molecule has 106 valence electrons. The molecular weight excluding hydrogens is 264 g/mol. The van der Waals surface area contributed by atoms with Crippen LogP contribution in [0.5, 0.6) is 0 Å². The van der Waals surface area contributed by atoms with Crippen LogP contribution in [-0.2, 0) is 11.0 Å². The molecule has 0 spiro atoms. The molecule has 1 aromatic carbocycles. The van der Waals surface area contributed by atoms with Gasteiger partial charge in [0.25, 0.3) is 0 Å². The number of hydrogen-bond acceptors (Lipinski definition) is 2. The van der Waals surface area contributed by atoms with Crippen molar-refractivity contribution in [3.63, 3.8) is 0 Å². The summed E-state index contributed by atoms with van der Waals surface area (Å²) < 4.78 is 50.6. The highest BCUT2D eigenvalue weighted by Crippen LogP contribution is 2.31. The normalized spacial score (nSPS) is 11.5. The number of anilines is 1. The molecule has 0 aliphatic carbocycles. The van der Waals surface area contributed by atoms with Crippen molar-refractivity contribution in [3.05, 3.63) is 29.6 Å². The summed E-state index contributed by atoms with van der Waals surface area (Å²) in [5.74, 6) is -1.27. The van der Waals surface area contributed by atoms with Crippen LogP contribution in [0.2, 0.25) is 0 Å². The largest absolute Gasteiger partial charge is 0.416 e. The molecule has 0 atom stereocenters. The average Bonchev–Trinajstić information content (AvgIpc) is 2.25. The Kier molecular flexibility index (Phi) is 4.74. The fraction of sp³-hybridized carbons (Fsp3) is 0.417. The van der Waals surface area contributed by atoms with Gasteiger partial charge in [0.15, 0.2) is 0 Å². The van der Waals surface area contributed by atoms with E-state index in [1.807, 2.05) is 0 Å². The first-order valence-corrected chi connectivity index (χ1v) is 5.60. The van der Waals surface area contributed by atoms with Crippen molar-refractivity contribution in [2.75, 3.05) is 11.9 Å². The number of benzene rings is 1. The second-order valence-electron chi connectivity index (χ2n) is 4.27. The highest BCUT2D eigenvalue weighted by Gasteiger charge is 2.31. The number of halogens is 4. The Bertz CT molecular complexity index is 458. The molecule has 0 saturated heterocycles. The molecule has 2 N–H and O–H groups in total. The van der Waals surface area contributed by atoms with Crippen LogP contribution in [0.1, 0.15) is 19.4 Å². The van der Waals surface area contributed by atoms with Gasteiger partial charge in [0.2, 0.25) is 5.91 Å². The van der Waals surface area contributed by atoms with Gasteiger partial charge in [-0.3, -0.25) is 4.79 Å². The smallest absolute Gasteiger partial charge is 0.374 e. The number of rotatable bonds is 4. The van der Waals surface area contributed by atoms with Crippen LogP contribution in [0.3, 0.4) is 0 Å². The highest BCUT2D eigenvalue weighted by atomic mass is 19.4.